The van der Waals surface area contributed by atoms with E-state index in [1.54, 1.807) is 0 Å². The Bertz CT molecular complexity index is 509. The van der Waals surface area contributed by atoms with E-state index in [1.807, 2.05) is 19.3 Å². The molecule has 0 saturated carbocycles. The van der Waals surface area contributed by atoms with E-state index in [4.69, 9.17) is 5.73 Å². The van der Waals surface area contributed by atoms with E-state index in [1.165, 1.54) is 11.1 Å². The number of imidazole rings is 1. The van der Waals surface area contributed by atoms with Gasteiger partial charge in [0, 0.05) is 31.4 Å². The summed E-state index contributed by atoms with van der Waals surface area (Å²) in [5.41, 5.74) is 8.52. The minimum atomic E-state index is 0.143. The lowest BCUT2D eigenvalue weighted by atomic mass is 10.0. The van der Waals surface area contributed by atoms with Crippen molar-refractivity contribution in [3.63, 3.8) is 0 Å². The molecule has 0 spiro atoms. The highest BCUT2D eigenvalue weighted by molar-refractivity contribution is 5.25. The molecule has 0 radical (unpaired) electrons. The summed E-state index contributed by atoms with van der Waals surface area (Å²) in [6, 6.07) is 8.96. The van der Waals surface area contributed by atoms with Crippen molar-refractivity contribution in [1.29, 1.82) is 0 Å². The van der Waals surface area contributed by atoms with Crippen LogP contribution in [0, 0.1) is 0 Å². The molecule has 2 aromatic rings. The van der Waals surface area contributed by atoms with Gasteiger partial charge in [-0.05, 0) is 24.0 Å². The lowest BCUT2D eigenvalue weighted by Crippen LogP contribution is -2.20. The first kappa shape index (κ1) is 13.8. The number of hydrogen-bond acceptors (Lipinski definition) is 2. The molecule has 1 aromatic carbocycles. The summed E-state index contributed by atoms with van der Waals surface area (Å²) < 4.78 is 2.17. The first-order chi connectivity index (χ1) is 9.06. The molecule has 1 atom stereocenters. The van der Waals surface area contributed by atoms with Gasteiger partial charge in [-0.15, -0.1) is 0 Å². The summed E-state index contributed by atoms with van der Waals surface area (Å²) in [7, 11) is 0. The summed E-state index contributed by atoms with van der Waals surface area (Å²) in [6.45, 7) is 7.30. The van der Waals surface area contributed by atoms with Crippen LogP contribution >= 0.6 is 0 Å². The fourth-order valence-electron chi connectivity index (χ4n) is 2.17. The van der Waals surface area contributed by atoms with Crippen molar-refractivity contribution in [1.82, 2.24) is 9.55 Å². The Morgan fingerprint density at radius 3 is 2.42 bits per heavy atom. The van der Waals surface area contributed by atoms with E-state index in [0.717, 1.165) is 18.8 Å². The van der Waals surface area contributed by atoms with E-state index < -0.39 is 0 Å². The molecule has 0 aliphatic carbocycles. The molecular formula is C16H23N3. The highest BCUT2D eigenvalue weighted by atomic mass is 15.1. The zero-order valence-corrected chi connectivity index (χ0v) is 12.0. The van der Waals surface area contributed by atoms with Crippen molar-refractivity contribution in [2.75, 3.05) is 0 Å². The second-order valence-electron chi connectivity index (χ2n) is 5.55. The van der Waals surface area contributed by atoms with E-state index >= 15 is 0 Å². The largest absolute Gasteiger partial charge is 0.330 e. The Morgan fingerprint density at radius 2 is 1.84 bits per heavy atom. The van der Waals surface area contributed by atoms with Crippen molar-refractivity contribution in [2.24, 2.45) is 5.73 Å². The van der Waals surface area contributed by atoms with Crippen LogP contribution in [0.25, 0.3) is 0 Å². The summed E-state index contributed by atoms with van der Waals surface area (Å²) in [4.78, 5) is 4.38. The Hall–Kier alpha value is -1.61. The van der Waals surface area contributed by atoms with Crippen molar-refractivity contribution >= 4 is 0 Å². The summed E-state index contributed by atoms with van der Waals surface area (Å²) >= 11 is 0. The third-order valence-corrected chi connectivity index (χ3v) is 3.31. The molecule has 0 aliphatic heterocycles. The van der Waals surface area contributed by atoms with Crippen LogP contribution in [-0.2, 0) is 13.0 Å². The molecule has 1 heterocycles. The molecule has 1 aromatic heterocycles. The molecule has 0 fully saturated rings. The maximum Gasteiger partial charge on any atom is 0.110 e. The molecule has 0 amide bonds. The molecule has 0 aliphatic rings. The molecule has 2 rings (SSSR count). The van der Waals surface area contributed by atoms with Gasteiger partial charge >= 0.3 is 0 Å². The van der Waals surface area contributed by atoms with Gasteiger partial charge in [-0.25, -0.2) is 4.98 Å². The lowest BCUT2D eigenvalue weighted by Gasteiger charge is -2.11. The van der Waals surface area contributed by atoms with Crippen LogP contribution in [0.3, 0.4) is 0 Å². The van der Waals surface area contributed by atoms with E-state index in [0.29, 0.717) is 5.92 Å². The number of hydrogen-bond donors (Lipinski definition) is 1. The summed E-state index contributed by atoms with van der Waals surface area (Å²) in [5, 5.41) is 0. The molecule has 3 heteroatoms. The van der Waals surface area contributed by atoms with Gasteiger partial charge in [-0.3, -0.25) is 0 Å². The monoisotopic (exact) mass is 257 g/mol. The second kappa shape index (κ2) is 6.02. The molecule has 0 bridgehead atoms. The van der Waals surface area contributed by atoms with Gasteiger partial charge < -0.3 is 10.3 Å². The zero-order chi connectivity index (χ0) is 13.8. The van der Waals surface area contributed by atoms with Gasteiger partial charge in [-0.2, -0.15) is 0 Å². The van der Waals surface area contributed by atoms with Crippen molar-refractivity contribution < 1.29 is 0 Å². The van der Waals surface area contributed by atoms with E-state index in [9.17, 15) is 0 Å². The van der Waals surface area contributed by atoms with Crippen molar-refractivity contribution in [3.05, 3.63) is 53.6 Å². The smallest absolute Gasteiger partial charge is 0.110 e. The highest BCUT2D eigenvalue weighted by Gasteiger charge is 2.06. The van der Waals surface area contributed by atoms with Crippen LogP contribution in [0.2, 0.25) is 0 Å². The fourth-order valence-corrected chi connectivity index (χ4v) is 2.17. The highest BCUT2D eigenvalue weighted by Crippen LogP contribution is 2.15. The average Bonchev–Trinajstić information content (AvgIpc) is 2.76. The van der Waals surface area contributed by atoms with Gasteiger partial charge in [0.05, 0.1) is 0 Å². The Morgan fingerprint density at radius 1 is 1.16 bits per heavy atom. The number of nitrogens with two attached hydrogens (primary N) is 1. The molecule has 19 heavy (non-hydrogen) atoms. The van der Waals surface area contributed by atoms with Crippen LogP contribution in [0.15, 0.2) is 36.7 Å². The molecule has 3 nitrogen and oxygen atoms in total. The maximum absolute atomic E-state index is 5.85. The Balaban J connectivity index is 2.10. The fraction of sp³-hybridized carbons (Fsp3) is 0.438. The van der Waals surface area contributed by atoms with Crippen LogP contribution in [0.5, 0.6) is 0 Å². The molecule has 1 unspecified atom stereocenters. The third-order valence-electron chi connectivity index (χ3n) is 3.31. The topological polar surface area (TPSA) is 43.8 Å². The van der Waals surface area contributed by atoms with Crippen molar-refractivity contribution in [3.8, 4) is 0 Å². The van der Waals surface area contributed by atoms with Gasteiger partial charge in [0.1, 0.15) is 5.82 Å². The molecule has 0 saturated heterocycles. The standard InChI is InChI=1S/C16H23N3/c1-12(2)15-6-4-14(5-7-15)11-19-9-8-18-16(19)10-13(3)17/h4-9,12-13H,10-11,17H2,1-3H3. The lowest BCUT2D eigenvalue weighted by molar-refractivity contribution is 0.648. The number of rotatable bonds is 5. The predicted molar refractivity (Wildman–Crippen MR) is 79.2 cm³/mol. The van der Waals surface area contributed by atoms with Crippen LogP contribution in [0.4, 0.5) is 0 Å². The summed E-state index contributed by atoms with van der Waals surface area (Å²) in [5.74, 6) is 1.64. The second-order valence-corrected chi connectivity index (χ2v) is 5.55. The first-order valence-corrected chi connectivity index (χ1v) is 6.90. The average molecular weight is 257 g/mol. The minimum Gasteiger partial charge on any atom is -0.330 e. The Labute approximate surface area is 115 Å². The van der Waals surface area contributed by atoms with Gasteiger partial charge in [0.25, 0.3) is 0 Å². The minimum absolute atomic E-state index is 0.143. The van der Waals surface area contributed by atoms with Crippen molar-refractivity contribution in [2.45, 2.75) is 45.7 Å². The van der Waals surface area contributed by atoms with Gasteiger partial charge in [-0.1, -0.05) is 38.1 Å². The first-order valence-electron chi connectivity index (χ1n) is 6.90. The van der Waals surface area contributed by atoms with E-state index in [2.05, 4.69) is 47.7 Å². The molecular weight excluding hydrogens is 234 g/mol. The summed E-state index contributed by atoms with van der Waals surface area (Å²) in [6.07, 6.45) is 4.69. The normalized spacial score (nSPS) is 12.9. The zero-order valence-electron chi connectivity index (χ0n) is 12.0. The number of aromatic nitrogens is 2. The molecule has 2 N–H and O–H groups in total. The molecule has 102 valence electrons. The van der Waals surface area contributed by atoms with Crippen LogP contribution < -0.4 is 5.73 Å². The quantitative estimate of drug-likeness (QED) is 0.895. The number of nitrogens with zero attached hydrogens (tertiary/aromatic N) is 2. The SMILES string of the molecule is CC(N)Cc1nccn1Cc1ccc(C(C)C)cc1. The Kier molecular flexibility index (Phi) is 4.38. The predicted octanol–water partition coefficient (Wildman–Crippen LogP) is 2.94. The van der Waals surface area contributed by atoms with Crippen LogP contribution in [-0.4, -0.2) is 15.6 Å². The van der Waals surface area contributed by atoms with Gasteiger partial charge in [0.2, 0.25) is 0 Å². The third kappa shape index (κ3) is 3.67. The number of benzene rings is 1. The van der Waals surface area contributed by atoms with Crippen LogP contribution in [0.1, 0.15) is 43.6 Å². The maximum atomic E-state index is 5.85. The van der Waals surface area contributed by atoms with Gasteiger partial charge in [0.15, 0.2) is 0 Å². The van der Waals surface area contributed by atoms with E-state index in [-0.39, 0.29) is 6.04 Å².